The molecule has 30 heavy (non-hydrogen) atoms. The van der Waals surface area contributed by atoms with Gasteiger partial charge in [0.25, 0.3) is 0 Å². The van der Waals surface area contributed by atoms with Crippen LogP contribution in [0.3, 0.4) is 0 Å². The molecule has 0 bridgehead atoms. The van der Waals surface area contributed by atoms with Crippen LogP contribution in [0.2, 0.25) is 5.02 Å². The van der Waals surface area contributed by atoms with E-state index in [-0.39, 0.29) is 5.91 Å². The van der Waals surface area contributed by atoms with Crippen LogP contribution in [-0.2, 0) is 20.7 Å². The Morgan fingerprint density at radius 1 is 1.23 bits per heavy atom. The number of nitrogens with one attached hydrogen (secondary N) is 2. The highest BCUT2D eigenvalue weighted by molar-refractivity contribution is 6.35. The van der Waals surface area contributed by atoms with Crippen molar-refractivity contribution in [2.45, 2.75) is 45.2 Å². The molecule has 0 unspecified atom stereocenters. The number of carbonyl (C=O) groups is 2. The fraction of sp³-hybridized carbons (Fsp3) is 0.524. The number of benzene rings is 1. The maximum Gasteiger partial charge on any atom is 0.422 e. The van der Waals surface area contributed by atoms with Gasteiger partial charge in [-0.1, -0.05) is 36.6 Å². The van der Waals surface area contributed by atoms with Gasteiger partial charge in [0, 0.05) is 17.6 Å². The van der Waals surface area contributed by atoms with Gasteiger partial charge in [0.05, 0.1) is 22.4 Å². The van der Waals surface area contributed by atoms with Gasteiger partial charge in [-0.3, -0.25) is 9.59 Å². The number of H-pyrrole nitrogens is 1. The lowest BCUT2D eigenvalue weighted by molar-refractivity contribution is -0.191. The Hall–Kier alpha value is -2.22. The van der Waals surface area contributed by atoms with Crippen molar-refractivity contribution >= 4 is 34.4 Å². The normalized spacial score (nSPS) is 19.6. The summed E-state index contributed by atoms with van der Waals surface area (Å²) in [7, 11) is 0. The Morgan fingerprint density at radius 3 is 2.63 bits per heavy atom. The third-order valence-electron chi connectivity index (χ3n) is 5.56. The summed E-state index contributed by atoms with van der Waals surface area (Å²) in [6, 6.07) is 5.61. The van der Waals surface area contributed by atoms with Crippen LogP contribution in [0.1, 0.15) is 36.9 Å². The van der Waals surface area contributed by atoms with E-state index in [4.69, 9.17) is 11.6 Å². The first-order valence-electron chi connectivity index (χ1n) is 9.94. The fourth-order valence-corrected chi connectivity index (χ4v) is 4.34. The number of para-hydroxylation sites is 1. The van der Waals surface area contributed by atoms with E-state index in [9.17, 15) is 22.8 Å². The first kappa shape index (κ1) is 22.5. The summed E-state index contributed by atoms with van der Waals surface area (Å²) in [6.45, 7) is 0.653. The summed E-state index contributed by atoms with van der Waals surface area (Å²) in [5, 5.41) is 4.44. The van der Waals surface area contributed by atoms with Gasteiger partial charge < -0.3 is 15.0 Å². The van der Waals surface area contributed by atoms with Crippen LogP contribution in [0.4, 0.5) is 13.2 Å². The fourth-order valence-electron chi connectivity index (χ4n) is 4.12. The molecule has 9 heteroatoms. The number of hydrogen-bond donors (Lipinski definition) is 2. The first-order valence-corrected chi connectivity index (χ1v) is 10.3. The molecule has 5 nitrogen and oxygen atoms in total. The number of aromatic amines is 1. The van der Waals surface area contributed by atoms with Crippen molar-refractivity contribution in [3.05, 3.63) is 34.5 Å². The van der Waals surface area contributed by atoms with E-state index in [2.05, 4.69) is 15.0 Å². The van der Waals surface area contributed by atoms with Crippen molar-refractivity contribution in [3.8, 4) is 0 Å². The Kier molecular flexibility index (Phi) is 6.95. The Labute approximate surface area is 177 Å². The van der Waals surface area contributed by atoms with E-state index in [1.165, 1.54) is 0 Å². The highest BCUT2D eigenvalue weighted by atomic mass is 35.5. The predicted molar refractivity (Wildman–Crippen MR) is 107 cm³/mol. The van der Waals surface area contributed by atoms with Gasteiger partial charge in [-0.25, -0.2) is 0 Å². The van der Waals surface area contributed by atoms with Gasteiger partial charge in [0.15, 0.2) is 6.61 Å². The quantitative estimate of drug-likeness (QED) is 0.634. The number of ether oxygens (including phenoxy) is 1. The number of carbonyl (C=O) groups excluding carboxylic acids is 2. The van der Waals surface area contributed by atoms with Crippen LogP contribution in [-0.4, -0.2) is 36.2 Å². The SMILES string of the molecule is Cc1[nH]c2c(Cl)cccc2c1CCNC(=O)[C@@H]1CCCC[C@H]1C(=O)OCC(F)(F)F. The lowest BCUT2D eigenvalue weighted by Crippen LogP contribution is -2.41. The summed E-state index contributed by atoms with van der Waals surface area (Å²) in [5.41, 5.74) is 2.84. The minimum atomic E-state index is -4.58. The monoisotopic (exact) mass is 444 g/mol. The van der Waals surface area contributed by atoms with Crippen LogP contribution in [0.5, 0.6) is 0 Å². The van der Waals surface area contributed by atoms with Crippen LogP contribution in [0.15, 0.2) is 18.2 Å². The van der Waals surface area contributed by atoms with Gasteiger partial charge in [0.2, 0.25) is 5.91 Å². The number of aryl methyl sites for hydroxylation is 1. The van der Waals surface area contributed by atoms with E-state index >= 15 is 0 Å². The van der Waals surface area contributed by atoms with Crippen molar-refractivity contribution in [3.63, 3.8) is 0 Å². The lowest BCUT2D eigenvalue weighted by Gasteiger charge is -2.29. The molecule has 1 saturated carbocycles. The molecule has 1 heterocycles. The Morgan fingerprint density at radius 2 is 1.93 bits per heavy atom. The molecule has 1 aromatic carbocycles. The third-order valence-corrected chi connectivity index (χ3v) is 5.88. The Bertz CT molecular complexity index is 926. The third kappa shape index (κ3) is 5.28. The molecule has 0 spiro atoms. The number of hydrogen-bond acceptors (Lipinski definition) is 3. The number of fused-ring (bicyclic) bond motifs is 1. The summed E-state index contributed by atoms with van der Waals surface area (Å²) >= 11 is 6.21. The smallest absolute Gasteiger partial charge is 0.422 e. The van der Waals surface area contributed by atoms with Crippen molar-refractivity contribution < 1.29 is 27.5 Å². The molecule has 0 radical (unpaired) electrons. The minimum Gasteiger partial charge on any atom is -0.456 e. The van der Waals surface area contributed by atoms with Gasteiger partial charge in [-0.15, -0.1) is 0 Å². The van der Waals surface area contributed by atoms with Crippen molar-refractivity contribution in [1.82, 2.24) is 10.3 Å². The zero-order chi connectivity index (χ0) is 21.9. The molecule has 1 aliphatic rings. The maximum absolute atomic E-state index is 12.7. The number of rotatable bonds is 6. The number of aromatic nitrogens is 1. The zero-order valence-corrected chi connectivity index (χ0v) is 17.3. The number of halogens is 4. The van der Waals surface area contributed by atoms with E-state index in [1.807, 2.05) is 19.1 Å². The van der Waals surface area contributed by atoms with Crippen LogP contribution in [0.25, 0.3) is 10.9 Å². The molecule has 0 saturated heterocycles. The molecular formula is C21H24ClF3N2O3. The average molecular weight is 445 g/mol. The summed E-state index contributed by atoms with van der Waals surface area (Å²) in [5.74, 6) is -2.78. The molecule has 0 aliphatic heterocycles. The van der Waals surface area contributed by atoms with E-state index in [0.29, 0.717) is 37.3 Å². The molecule has 2 aromatic rings. The number of alkyl halides is 3. The minimum absolute atomic E-state index is 0.320. The average Bonchev–Trinajstić information content (AvgIpc) is 3.02. The molecular weight excluding hydrogens is 421 g/mol. The first-order chi connectivity index (χ1) is 14.2. The number of amides is 1. The van der Waals surface area contributed by atoms with E-state index in [1.54, 1.807) is 6.07 Å². The molecule has 1 amide bonds. The van der Waals surface area contributed by atoms with Gasteiger partial charge >= 0.3 is 12.1 Å². The van der Waals surface area contributed by atoms with Crippen molar-refractivity contribution in [2.24, 2.45) is 11.8 Å². The summed E-state index contributed by atoms with van der Waals surface area (Å²) < 4.78 is 41.4. The van der Waals surface area contributed by atoms with Crippen LogP contribution in [0, 0.1) is 18.8 Å². The molecule has 1 fully saturated rings. The topological polar surface area (TPSA) is 71.2 Å². The number of esters is 1. The molecule has 3 rings (SSSR count). The second-order valence-electron chi connectivity index (χ2n) is 7.65. The largest absolute Gasteiger partial charge is 0.456 e. The van der Waals surface area contributed by atoms with Gasteiger partial charge in [0.1, 0.15) is 0 Å². The van der Waals surface area contributed by atoms with Gasteiger partial charge in [-0.2, -0.15) is 13.2 Å². The summed E-state index contributed by atoms with van der Waals surface area (Å²) in [6.07, 6.45) is -1.77. The van der Waals surface area contributed by atoms with Crippen LogP contribution < -0.4 is 5.32 Å². The standard InChI is InChI=1S/C21H24ClF3N2O3/c1-12-13(14-7-4-8-17(22)18(14)27-12)9-10-26-19(28)15-5-2-3-6-16(15)20(29)30-11-21(23,24)25/h4,7-8,15-16,27H,2-3,5-6,9-11H2,1H3,(H,26,28)/t15-,16-/m1/s1. The van der Waals surface area contributed by atoms with Crippen LogP contribution >= 0.6 is 11.6 Å². The second kappa shape index (κ2) is 9.29. The highest BCUT2D eigenvalue weighted by Gasteiger charge is 2.38. The second-order valence-corrected chi connectivity index (χ2v) is 8.06. The molecule has 2 atom stereocenters. The van der Waals surface area contributed by atoms with Crippen molar-refractivity contribution in [2.75, 3.05) is 13.2 Å². The zero-order valence-electron chi connectivity index (χ0n) is 16.6. The highest BCUT2D eigenvalue weighted by Crippen LogP contribution is 2.32. The molecule has 1 aromatic heterocycles. The van der Waals surface area contributed by atoms with Crippen molar-refractivity contribution in [1.29, 1.82) is 0 Å². The Balaban J connectivity index is 1.60. The maximum atomic E-state index is 12.7. The molecule has 2 N–H and O–H groups in total. The molecule has 164 valence electrons. The molecule has 1 aliphatic carbocycles. The van der Waals surface area contributed by atoms with E-state index in [0.717, 1.165) is 28.6 Å². The lowest BCUT2D eigenvalue weighted by atomic mass is 9.78. The predicted octanol–water partition coefficient (Wildman–Crippen LogP) is 4.70. The van der Waals surface area contributed by atoms with Gasteiger partial charge in [-0.05, 0) is 37.8 Å². The van der Waals surface area contributed by atoms with E-state index < -0.39 is 30.6 Å². The summed E-state index contributed by atoms with van der Waals surface area (Å²) in [4.78, 5) is 28.0.